The van der Waals surface area contributed by atoms with Gasteiger partial charge in [0.25, 0.3) is 0 Å². The van der Waals surface area contributed by atoms with Gasteiger partial charge in [-0.25, -0.2) is 0 Å². The van der Waals surface area contributed by atoms with Crippen LogP contribution in [0.5, 0.6) is 0 Å². The van der Waals surface area contributed by atoms with E-state index in [1.165, 1.54) is 32.4 Å². The molecule has 2 fully saturated rings. The van der Waals surface area contributed by atoms with Crippen LogP contribution in [0.15, 0.2) is 4.99 Å². The maximum Gasteiger partial charge on any atom is 0.191 e. The summed E-state index contributed by atoms with van der Waals surface area (Å²) in [6.07, 6.45) is 4.10. The quantitative estimate of drug-likeness (QED) is 0.398. The lowest BCUT2D eigenvalue weighted by Crippen LogP contribution is -2.45. The molecule has 0 aliphatic carbocycles. The van der Waals surface area contributed by atoms with Gasteiger partial charge in [-0.15, -0.1) is 24.0 Å². The molecule has 0 radical (unpaired) electrons. The van der Waals surface area contributed by atoms with Crippen molar-refractivity contribution in [3.05, 3.63) is 0 Å². The molecule has 0 saturated carbocycles. The van der Waals surface area contributed by atoms with Crippen LogP contribution < -0.4 is 10.6 Å². The maximum atomic E-state index is 5.27. The number of ether oxygens (including phenoxy) is 1. The molecule has 2 aliphatic rings. The molecule has 2 rings (SSSR count). The van der Waals surface area contributed by atoms with Crippen molar-refractivity contribution in [1.29, 1.82) is 0 Å². The van der Waals surface area contributed by atoms with E-state index in [1.54, 1.807) is 0 Å². The van der Waals surface area contributed by atoms with Crippen LogP contribution in [-0.2, 0) is 4.74 Å². The Kier molecular flexibility index (Phi) is 8.89. The molecule has 0 aromatic carbocycles. The van der Waals surface area contributed by atoms with Gasteiger partial charge in [0, 0.05) is 25.0 Å². The fourth-order valence-corrected chi connectivity index (χ4v) is 2.67. The van der Waals surface area contributed by atoms with Crippen molar-refractivity contribution >= 4 is 29.9 Å². The Morgan fingerprint density at radius 3 is 2.48 bits per heavy atom. The molecule has 2 saturated heterocycles. The van der Waals surface area contributed by atoms with Gasteiger partial charge in [-0.1, -0.05) is 13.3 Å². The minimum atomic E-state index is 0. The summed E-state index contributed by atoms with van der Waals surface area (Å²) in [6.45, 7) is 12.4. The number of nitrogens with zero attached hydrogens (tertiary/aromatic N) is 2. The molecule has 2 heterocycles. The predicted molar refractivity (Wildman–Crippen MR) is 98.6 cm³/mol. The fraction of sp³-hybridized carbons (Fsp3) is 0.933. The number of piperidine rings is 1. The zero-order chi connectivity index (χ0) is 14.3. The van der Waals surface area contributed by atoms with Crippen LogP contribution in [0.1, 0.15) is 33.1 Å². The molecule has 0 bridgehead atoms. The van der Waals surface area contributed by atoms with Crippen LogP contribution in [0.3, 0.4) is 0 Å². The third-order valence-electron chi connectivity index (χ3n) is 4.03. The number of aliphatic imine (C=N–C) groups is 1. The van der Waals surface area contributed by atoms with Crippen LogP contribution in [0.4, 0.5) is 0 Å². The molecule has 0 amide bonds. The van der Waals surface area contributed by atoms with Crippen molar-refractivity contribution in [1.82, 2.24) is 15.5 Å². The number of halogens is 1. The smallest absolute Gasteiger partial charge is 0.191 e. The van der Waals surface area contributed by atoms with Crippen molar-refractivity contribution in [2.45, 2.75) is 33.1 Å². The van der Waals surface area contributed by atoms with E-state index < -0.39 is 0 Å². The van der Waals surface area contributed by atoms with Gasteiger partial charge in [0.1, 0.15) is 0 Å². The number of rotatable bonds is 6. The third-order valence-corrected chi connectivity index (χ3v) is 4.03. The van der Waals surface area contributed by atoms with Crippen LogP contribution in [-0.4, -0.2) is 63.3 Å². The van der Waals surface area contributed by atoms with Crippen molar-refractivity contribution in [3.8, 4) is 0 Å². The Balaban J connectivity index is 0.00000220. The summed E-state index contributed by atoms with van der Waals surface area (Å²) in [5, 5.41) is 6.77. The Labute approximate surface area is 146 Å². The first kappa shape index (κ1) is 19.0. The Morgan fingerprint density at radius 1 is 1.19 bits per heavy atom. The number of likely N-dealkylation sites (tertiary alicyclic amines) is 1. The van der Waals surface area contributed by atoms with Gasteiger partial charge in [-0.05, 0) is 32.9 Å². The summed E-state index contributed by atoms with van der Waals surface area (Å²) < 4.78 is 5.27. The van der Waals surface area contributed by atoms with Crippen LogP contribution >= 0.6 is 24.0 Å². The third kappa shape index (κ3) is 6.69. The summed E-state index contributed by atoms with van der Waals surface area (Å²) in [6, 6.07) is 0. The summed E-state index contributed by atoms with van der Waals surface area (Å²) in [7, 11) is 0. The van der Waals surface area contributed by atoms with Crippen LogP contribution in [0.25, 0.3) is 0 Å². The van der Waals surface area contributed by atoms with E-state index in [9.17, 15) is 0 Å². The average molecular weight is 410 g/mol. The van der Waals surface area contributed by atoms with Gasteiger partial charge >= 0.3 is 0 Å². The number of guanidine groups is 1. The summed E-state index contributed by atoms with van der Waals surface area (Å²) in [5.41, 5.74) is 0.245. The second-order valence-electron chi connectivity index (χ2n) is 6.33. The summed E-state index contributed by atoms with van der Waals surface area (Å²) in [4.78, 5) is 7.23. The van der Waals surface area contributed by atoms with Crippen LogP contribution in [0, 0.1) is 5.41 Å². The molecule has 124 valence electrons. The van der Waals surface area contributed by atoms with Gasteiger partial charge in [0.2, 0.25) is 0 Å². The second kappa shape index (κ2) is 9.84. The molecule has 2 N–H and O–H groups in total. The lowest BCUT2D eigenvalue weighted by atomic mass is 9.89. The fourth-order valence-electron chi connectivity index (χ4n) is 2.67. The van der Waals surface area contributed by atoms with E-state index in [0.29, 0.717) is 0 Å². The van der Waals surface area contributed by atoms with Crippen molar-refractivity contribution in [2.24, 2.45) is 10.4 Å². The lowest BCUT2D eigenvalue weighted by molar-refractivity contribution is -0.0945. The first-order chi connectivity index (χ1) is 9.72. The van der Waals surface area contributed by atoms with Crippen LogP contribution in [0.2, 0.25) is 0 Å². The summed E-state index contributed by atoms with van der Waals surface area (Å²) in [5.74, 6) is 0.942. The van der Waals surface area contributed by atoms with E-state index in [-0.39, 0.29) is 29.4 Å². The zero-order valence-corrected chi connectivity index (χ0v) is 15.8. The van der Waals surface area contributed by atoms with E-state index in [4.69, 9.17) is 4.74 Å². The molecule has 0 unspecified atom stereocenters. The zero-order valence-electron chi connectivity index (χ0n) is 13.5. The first-order valence-electron chi connectivity index (χ1n) is 8.04. The molecule has 21 heavy (non-hydrogen) atoms. The topological polar surface area (TPSA) is 48.9 Å². The number of hydrogen-bond donors (Lipinski definition) is 2. The van der Waals surface area contributed by atoms with E-state index >= 15 is 0 Å². The summed E-state index contributed by atoms with van der Waals surface area (Å²) >= 11 is 0. The van der Waals surface area contributed by atoms with Gasteiger partial charge in [-0.3, -0.25) is 4.99 Å². The first-order valence-corrected chi connectivity index (χ1v) is 8.04. The molecule has 2 aliphatic heterocycles. The Bertz CT molecular complexity index is 315. The molecular formula is C15H31IN4O. The number of nitrogens with one attached hydrogen (secondary N) is 2. The van der Waals surface area contributed by atoms with E-state index in [2.05, 4.69) is 34.4 Å². The van der Waals surface area contributed by atoms with E-state index in [1.807, 2.05) is 0 Å². The second-order valence-corrected chi connectivity index (χ2v) is 6.33. The normalized spacial score (nSPS) is 22.1. The SMILES string of the molecule is CCNC(=NCC1(C)COC1)NCCN1CCCCC1.I. The molecule has 6 heteroatoms. The minimum Gasteiger partial charge on any atom is -0.380 e. The average Bonchev–Trinajstić information content (AvgIpc) is 2.44. The highest BCUT2D eigenvalue weighted by atomic mass is 127. The molecule has 0 aromatic heterocycles. The van der Waals surface area contributed by atoms with Gasteiger partial charge in [0.05, 0.1) is 19.8 Å². The minimum absolute atomic E-state index is 0. The molecule has 0 aromatic rings. The van der Waals surface area contributed by atoms with Gasteiger partial charge in [-0.2, -0.15) is 0 Å². The Morgan fingerprint density at radius 2 is 1.90 bits per heavy atom. The number of hydrogen-bond acceptors (Lipinski definition) is 3. The molecule has 0 spiro atoms. The highest BCUT2D eigenvalue weighted by Crippen LogP contribution is 2.26. The molecular weight excluding hydrogens is 379 g/mol. The standard InChI is InChI=1S/C15H30N4O.HI/c1-3-16-14(18-11-15(2)12-20-13-15)17-7-10-19-8-5-4-6-9-19;/h3-13H2,1-2H3,(H2,16,17,18);1H. The highest BCUT2D eigenvalue weighted by molar-refractivity contribution is 14.0. The van der Waals surface area contributed by atoms with Crippen molar-refractivity contribution in [3.63, 3.8) is 0 Å². The molecule has 5 nitrogen and oxygen atoms in total. The Hall–Kier alpha value is -0.0800. The monoisotopic (exact) mass is 410 g/mol. The van der Waals surface area contributed by atoms with Crippen molar-refractivity contribution < 1.29 is 4.74 Å². The van der Waals surface area contributed by atoms with E-state index in [0.717, 1.165) is 45.4 Å². The van der Waals surface area contributed by atoms with Crippen molar-refractivity contribution in [2.75, 3.05) is 52.5 Å². The molecule has 0 atom stereocenters. The maximum absolute atomic E-state index is 5.27. The van der Waals surface area contributed by atoms with Gasteiger partial charge in [0.15, 0.2) is 5.96 Å². The predicted octanol–water partition coefficient (Wildman–Crippen LogP) is 1.68. The van der Waals surface area contributed by atoms with Gasteiger partial charge < -0.3 is 20.3 Å². The lowest BCUT2D eigenvalue weighted by Gasteiger charge is -2.36. The largest absolute Gasteiger partial charge is 0.380 e. The highest BCUT2D eigenvalue weighted by Gasteiger charge is 2.33.